The number of anilines is 2. The van der Waals surface area contributed by atoms with E-state index in [4.69, 9.17) is 0 Å². The van der Waals surface area contributed by atoms with Crippen molar-refractivity contribution in [2.45, 2.75) is 38.1 Å². The number of carbonyl (C=O) groups excluding carboxylic acids is 2. The van der Waals surface area contributed by atoms with Crippen LogP contribution in [0.5, 0.6) is 0 Å². The number of hydrogen-bond acceptors (Lipinski definition) is 5. The number of likely N-dealkylation sites (N-methyl/N-ethyl adjacent to an activating group) is 1. The molecule has 0 unspecified atom stereocenters. The van der Waals surface area contributed by atoms with E-state index in [9.17, 15) is 18.0 Å². The molecule has 2 aromatic rings. The van der Waals surface area contributed by atoms with Crippen molar-refractivity contribution in [2.24, 2.45) is 0 Å². The second-order valence-corrected chi connectivity index (χ2v) is 9.32. The molecule has 0 saturated heterocycles. The lowest BCUT2D eigenvalue weighted by atomic mass is 10.1. The summed E-state index contributed by atoms with van der Waals surface area (Å²) in [5.41, 5.74) is 3.31. The average Bonchev–Trinajstić information content (AvgIpc) is 3.17. The van der Waals surface area contributed by atoms with Crippen LogP contribution in [0.15, 0.2) is 41.3 Å². The Morgan fingerprint density at radius 1 is 1.17 bits per heavy atom. The monoisotopic (exact) mass is 413 g/mol. The summed E-state index contributed by atoms with van der Waals surface area (Å²) >= 11 is 0. The maximum atomic E-state index is 12.8. The number of rotatable bonds is 4. The van der Waals surface area contributed by atoms with Gasteiger partial charge in [-0.15, -0.1) is 0 Å². The molecule has 0 spiro atoms. The number of amides is 2. The van der Waals surface area contributed by atoms with Crippen molar-refractivity contribution in [3.63, 3.8) is 0 Å². The third-order valence-electron chi connectivity index (χ3n) is 5.40. The molecule has 0 aliphatic carbocycles. The van der Waals surface area contributed by atoms with Crippen LogP contribution in [-0.4, -0.2) is 43.7 Å². The van der Waals surface area contributed by atoms with Gasteiger partial charge >= 0.3 is 0 Å². The average molecular weight is 413 g/mol. The minimum atomic E-state index is -3.95. The summed E-state index contributed by atoms with van der Waals surface area (Å²) < 4.78 is 26.3. The van der Waals surface area contributed by atoms with Crippen LogP contribution in [0.4, 0.5) is 11.4 Å². The van der Waals surface area contributed by atoms with Gasteiger partial charge in [-0.2, -0.15) is 0 Å². The largest absolute Gasteiger partial charge is 0.371 e. The molecule has 152 valence electrons. The number of fused-ring (bicyclic) bond motifs is 2. The van der Waals surface area contributed by atoms with Gasteiger partial charge in [-0.25, -0.2) is 12.7 Å². The quantitative estimate of drug-likeness (QED) is 0.833. The van der Waals surface area contributed by atoms with E-state index in [2.05, 4.69) is 17.1 Å². The highest BCUT2D eigenvalue weighted by Crippen LogP contribution is 2.33. The molecule has 0 bridgehead atoms. The Hall–Kier alpha value is -2.87. The summed E-state index contributed by atoms with van der Waals surface area (Å²) in [5.74, 6) is -0.973. The Balaban J connectivity index is 1.63. The Bertz CT molecular complexity index is 1120. The lowest BCUT2D eigenvalue weighted by molar-refractivity contribution is 0.0846. The maximum Gasteiger partial charge on any atom is 0.269 e. The second kappa shape index (κ2) is 6.88. The molecule has 0 saturated carbocycles. The highest BCUT2D eigenvalue weighted by Gasteiger charge is 2.42. The normalized spacial score (nSPS) is 16.9. The molecule has 0 aromatic heterocycles. The van der Waals surface area contributed by atoms with Gasteiger partial charge in [0.2, 0.25) is 0 Å². The molecule has 0 radical (unpaired) electrons. The lowest BCUT2D eigenvalue weighted by Crippen LogP contribution is -2.36. The first kappa shape index (κ1) is 19.4. The predicted octanol–water partition coefficient (Wildman–Crippen LogP) is 2.87. The van der Waals surface area contributed by atoms with E-state index in [1.54, 1.807) is 13.8 Å². The van der Waals surface area contributed by atoms with Crippen LogP contribution in [0.25, 0.3) is 0 Å². The van der Waals surface area contributed by atoms with Crippen molar-refractivity contribution in [1.82, 2.24) is 4.31 Å². The molecule has 1 N–H and O–H groups in total. The highest BCUT2D eigenvalue weighted by atomic mass is 32.2. The summed E-state index contributed by atoms with van der Waals surface area (Å²) in [4.78, 5) is 27.3. The number of benzene rings is 2. The number of sulfonamides is 1. The van der Waals surface area contributed by atoms with Crippen LogP contribution >= 0.6 is 0 Å². The molecule has 2 amide bonds. The first-order valence-electron chi connectivity index (χ1n) is 9.66. The fourth-order valence-corrected chi connectivity index (χ4v) is 5.75. The zero-order valence-corrected chi connectivity index (χ0v) is 17.4. The topological polar surface area (TPSA) is 86.8 Å². The molecule has 8 heteroatoms. The van der Waals surface area contributed by atoms with Gasteiger partial charge in [0.15, 0.2) is 0 Å². The Labute approximate surface area is 170 Å². The summed E-state index contributed by atoms with van der Waals surface area (Å²) in [6.07, 6.45) is 0.987. The minimum Gasteiger partial charge on any atom is -0.371 e. The van der Waals surface area contributed by atoms with E-state index >= 15 is 0 Å². The fraction of sp³-hybridized carbons (Fsp3) is 0.333. The van der Waals surface area contributed by atoms with Crippen molar-refractivity contribution in [2.75, 3.05) is 23.3 Å². The standard InChI is InChI=1S/C21H23N3O4S/c1-4-23-10-9-14-5-7-16(12-18(14)23)22-20(25)15-6-8-17-19(11-15)29(27,28)24(13(2)3)21(17)26/h5-8,11-13H,4,9-10H2,1-3H3,(H,22,25). The molecule has 2 aliphatic heterocycles. The van der Waals surface area contributed by atoms with E-state index in [0.29, 0.717) is 5.69 Å². The molecule has 2 aliphatic rings. The predicted molar refractivity (Wildman–Crippen MR) is 111 cm³/mol. The van der Waals surface area contributed by atoms with Crippen LogP contribution < -0.4 is 10.2 Å². The maximum absolute atomic E-state index is 12.8. The Morgan fingerprint density at radius 2 is 1.93 bits per heavy atom. The molecular weight excluding hydrogens is 390 g/mol. The second-order valence-electron chi connectivity index (χ2n) is 7.54. The third-order valence-corrected chi connectivity index (χ3v) is 7.40. The zero-order chi connectivity index (χ0) is 20.9. The van der Waals surface area contributed by atoms with E-state index in [-0.39, 0.29) is 16.0 Å². The van der Waals surface area contributed by atoms with Crippen LogP contribution in [0.1, 0.15) is 47.1 Å². The van der Waals surface area contributed by atoms with E-state index in [1.165, 1.54) is 23.8 Å². The number of nitrogens with one attached hydrogen (secondary N) is 1. The van der Waals surface area contributed by atoms with Gasteiger partial charge in [-0.05, 0) is 63.1 Å². The summed E-state index contributed by atoms with van der Waals surface area (Å²) in [7, 11) is -3.95. The molecular formula is C21H23N3O4S. The van der Waals surface area contributed by atoms with E-state index in [1.807, 2.05) is 18.2 Å². The Kier molecular flexibility index (Phi) is 4.61. The molecule has 29 heavy (non-hydrogen) atoms. The van der Waals surface area contributed by atoms with E-state index < -0.39 is 27.9 Å². The molecule has 0 fully saturated rings. The van der Waals surface area contributed by atoms with Crippen molar-refractivity contribution < 1.29 is 18.0 Å². The fourth-order valence-electron chi connectivity index (χ4n) is 3.95. The summed E-state index contributed by atoms with van der Waals surface area (Å²) in [6.45, 7) is 7.23. The van der Waals surface area contributed by atoms with Gasteiger partial charge in [0.05, 0.1) is 5.56 Å². The first-order chi connectivity index (χ1) is 13.7. The SMILES string of the molecule is CCN1CCc2ccc(NC(=O)c3ccc4c(c3)S(=O)(=O)N(C(C)C)C4=O)cc21. The van der Waals surface area contributed by atoms with Crippen molar-refractivity contribution in [1.29, 1.82) is 0 Å². The van der Waals surface area contributed by atoms with Gasteiger partial charge in [-0.1, -0.05) is 6.07 Å². The number of hydrogen-bond donors (Lipinski definition) is 1. The summed E-state index contributed by atoms with van der Waals surface area (Å²) in [5, 5.41) is 2.84. The zero-order valence-electron chi connectivity index (χ0n) is 16.6. The lowest BCUT2D eigenvalue weighted by Gasteiger charge is -2.18. The molecule has 2 aromatic carbocycles. The van der Waals surface area contributed by atoms with Crippen molar-refractivity contribution in [3.05, 3.63) is 53.1 Å². The van der Waals surface area contributed by atoms with Crippen molar-refractivity contribution >= 4 is 33.2 Å². The van der Waals surface area contributed by atoms with Crippen LogP contribution in [0.3, 0.4) is 0 Å². The minimum absolute atomic E-state index is 0.103. The first-order valence-corrected chi connectivity index (χ1v) is 11.1. The summed E-state index contributed by atoms with van der Waals surface area (Å²) in [6, 6.07) is 9.48. The number of carbonyl (C=O) groups is 2. The van der Waals surface area contributed by atoms with Gasteiger partial charge in [-0.3, -0.25) is 9.59 Å². The van der Waals surface area contributed by atoms with Gasteiger partial charge in [0.1, 0.15) is 4.90 Å². The van der Waals surface area contributed by atoms with Crippen molar-refractivity contribution in [3.8, 4) is 0 Å². The molecule has 4 rings (SSSR count). The van der Waals surface area contributed by atoms with Crippen LogP contribution in [0.2, 0.25) is 0 Å². The molecule has 2 heterocycles. The number of nitrogens with zero attached hydrogens (tertiary/aromatic N) is 2. The van der Waals surface area contributed by atoms with E-state index in [0.717, 1.165) is 29.5 Å². The highest BCUT2D eigenvalue weighted by molar-refractivity contribution is 7.90. The molecule has 0 atom stereocenters. The van der Waals surface area contributed by atoms with Crippen LogP contribution in [0, 0.1) is 0 Å². The smallest absolute Gasteiger partial charge is 0.269 e. The van der Waals surface area contributed by atoms with Gasteiger partial charge < -0.3 is 10.2 Å². The van der Waals surface area contributed by atoms with Crippen LogP contribution in [-0.2, 0) is 16.4 Å². The van der Waals surface area contributed by atoms with Gasteiger partial charge in [0.25, 0.3) is 21.8 Å². The Morgan fingerprint density at radius 3 is 2.62 bits per heavy atom. The third kappa shape index (κ3) is 3.07. The van der Waals surface area contributed by atoms with Gasteiger partial charge in [0, 0.05) is 36.1 Å². The molecule has 7 nitrogen and oxygen atoms in total.